The highest BCUT2D eigenvalue weighted by Crippen LogP contribution is 2.38. The fraction of sp³-hybridized carbons (Fsp3) is 0.148. The second-order valence-electron chi connectivity index (χ2n) is 7.64. The Labute approximate surface area is 211 Å². The summed E-state index contributed by atoms with van der Waals surface area (Å²) in [6.45, 7) is 4.29. The molecule has 0 spiro atoms. The molecule has 1 aromatic heterocycles. The first-order chi connectivity index (χ1) is 17.5. The van der Waals surface area contributed by atoms with Crippen molar-refractivity contribution >= 4 is 23.3 Å². The van der Waals surface area contributed by atoms with E-state index in [2.05, 4.69) is 11.6 Å². The summed E-state index contributed by atoms with van der Waals surface area (Å²) in [5, 5.41) is 0.480. The van der Waals surface area contributed by atoms with Crippen LogP contribution >= 0.6 is 11.8 Å². The van der Waals surface area contributed by atoms with Crippen molar-refractivity contribution in [2.24, 2.45) is 0 Å². The Morgan fingerprint density at radius 2 is 1.67 bits per heavy atom. The fourth-order valence-electron chi connectivity index (χ4n) is 3.71. The molecule has 186 valence electrons. The number of methoxy groups -OCH3 is 2. The maximum absolute atomic E-state index is 14.2. The van der Waals surface area contributed by atoms with Gasteiger partial charge in [-0.05, 0) is 48.5 Å². The molecule has 0 aliphatic rings. The summed E-state index contributed by atoms with van der Waals surface area (Å²) < 4.78 is 54.8. The second-order valence-corrected chi connectivity index (χ2v) is 8.58. The molecule has 3 aromatic carbocycles. The lowest BCUT2D eigenvalue weighted by molar-refractivity contribution is 0.355. The SMILES string of the molecule is C=CCN(c1ccc(OC)c(OC)c1)c1cnc(SCc2c(F)cccc2F)n1-c1ccc(F)cc1. The molecule has 0 radical (unpaired) electrons. The largest absolute Gasteiger partial charge is 0.493 e. The highest BCUT2D eigenvalue weighted by atomic mass is 32.2. The highest BCUT2D eigenvalue weighted by Gasteiger charge is 2.21. The summed E-state index contributed by atoms with van der Waals surface area (Å²) in [4.78, 5) is 6.49. The number of imidazole rings is 1. The molecule has 0 bridgehead atoms. The van der Waals surface area contributed by atoms with Crippen molar-refractivity contribution < 1.29 is 22.6 Å². The van der Waals surface area contributed by atoms with Crippen molar-refractivity contribution in [2.75, 3.05) is 25.7 Å². The van der Waals surface area contributed by atoms with Gasteiger partial charge < -0.3 is 14.4 Å². The van der Waals surface area contributed by atoms with Gasteiger partial charge >= 0.3 is 0 Å². The zero-order valence-electron chi connectivity index (χ0n) is 19.7. The number of aromatic nitrogens is 2. The third-order valence-electron chi connectivity index (χ3n) is 5.47. The molecular weight excluding hydrogens is 487 g/mol. The Morgan fingerprint density at radius 1 is 0.972 bits per heavy atom. The molecule has 0 aliphatic heterocycles. The number of ether oxygens (including phenoxy) is 2. The molecule has 0 saturated carbocycles. The second kappa shape index (κ2) is 11.3. The summed E-state index contributed by atoms with van der Waals surface area (Å²) in [5.41, 5.74) is 1.36. The fourth-order valence-corrected chi connectivity index (χ4v) is 4.72. The van der Waals surface area contributed by atoms with E-state index in [4.69, 9.17) is 9.47 Å². The van der Waals surface area contributed by atoms with Crippen LogP contribution in [0.4, 0.5) is 24.7 Å². The molecule has 0 fully saturated rings. The number of rotatable bonds is 10. The molecule has 0 unspecified atom stereocenters. The summed E-state index contributed by atoms with van der Waals surface area (Å²) in [6.07, 6.45) is 3.39. The lowest BCUT2D eigenvalue weighted by Gasteiger charge is -2.26. The van der Waals surface area contributed by atoms with E-state index in [0.717, 1.165) is 5.69 Å². The predicted molar refractivity (Wildman–Crippen MR) is 136 cm³/mol. The minimum atomic E-state index is -0.624. The minimum Gasteiger partial charge on any atom is -0.493 e. The molecule has 4 aromatic rings. The summed E-state index contributed by atoms with van der Waals surface area (Å²) >= 11 is 1.17. The van der Waals surface area contributed by atoms with E-state index in [1.807, 2.05) is 21.6 Å². The van der Waals surface area contributed by atoms with Crippen molar-refractivity contribution in [2.45, 2.75) is 10.9 Å². The summed E-state index contributed by atoms with van der Waals surface area (Å²) in [7, 11) is 3.11. The van der Waals surface area contributed by atoms with Crippen LogP contribution < -0.4 is 14.4 Å². The number of thioether (sulfide) groups is 1. The van der Waals surface area contributed by atoms with E-state index in [1.54, 1.807) is 44.7 Å². The van der Waals surface area contributed by atoms with Crippen LogP contribution in [0, 0.1) is 17.5 Å². The lowest BCUT2D eigenvalue weighted by atomic mass is 10.2. The standard InChI is InChI=1S/C27H24F3N3O2S/c1-4-14-32(20-12-13-24(34-2)25(15-20)35-3)26-16-31-27(33(26)19-10-8-18(28)9-11-19)36-17-21-22(29)6-5-7-23(21)30/h4-13,15-16H,1,14,17H2,2-3H3. The average Bonchev–Trinajstić information content (AvgIpc) is 3.30. The van der Waals surface area contributed by atoms with Crippen molar-refractivity contribution in [3.63, 3.8) is 0 Å². The van der Waals surface area contributed by atoms with E-state index in [9.17, 15) is 13.2 Å². The van der Waals surface area contributed by atoms with Gasteiger partial charge in [0.25, 0.3) is 0 Å². The molecule has 0 aliphatic carbocycles. The number of anilines is 2. The smallest absolute Gasteiger partial charge is 0.174 e. The van der Waals surface area contributed by atoms with Crippen LogP contribution in [-0.2, 0) is 5.75 Å². The number of halogens is 3. The lowest BCUT2D eigenvalue weighted by Crippen LogP contribution is -2.20. The van der Waals surface area contributed by atoms with Crippen LogP contribution in [0.3, 0.4) is 0 Å². The quantitative estimate of drug-likeness (QED) is 0.171. The molecule has 0 N–H and O–H groups in total. The maximum atomic E-state index is 14.2. The molecular formula is C27H24F3N3O2S. The van der Waals surface area contributed by atoms with Crippen molar-refractivity contribution in [3.8, 4) is 17.2 Å². The van der Waals surface area contributed by atoms with Crippen LogP contribution in [0.2, 0.25) is 0 Å². The molecule has 5 nitrogen and oxygen atoms in total. The maximum Gasteiger partial charge on any atom is 0.174 e. The van der Waals surface area contributed by atoms with Gasteiger partial charge in [-0.1, -0.05) is 23.9 Å². The van der Waals surface area contributed by atoms with Crippen molar-refractivity contribution in [3.05, 3.63) is 103 Å². The van der Waals surface area contributed by atoms with Crippen LogP contribution in [0.1, 0.15) is 5.56 Å². The molecule has 9 heteroatoms. The van der Waals surface area contributed by atoms with Crippen LogP contribution in [-0.4, -0.2) is 30.3 Å². The Bertz CT molecular complexity index is 1340. The van der Waals surface area contributed by atoms with E-state index < -0.39 is 11.6 Å². The van der Waals surface area contributed by atoms with E-state index in [1.165, 1.54) is 42.1 Å². The first kappa shape index (κ1) is 25.2. The van der Waals surface area contributed by atoms with Gasteiger partial charge in [-0.3, -0.25) is 4.57 Å². The number of hydrogen-bond acceptors (Lipinski definition) is 5. The third kappa shape index (κ3) is 5.21. The van der Waals surface area contributed by atoms with E-state index in [0.29, 0.717) is 34.7 Å². The predicted octanol–water partition coefficient (Wildman–Crippen LogP) is 6.92. The monoisotopic (exact) mass is 511 g/mol. The minimum absolute atomic E-state index is 0.0218. The molecule has 0 amide bonds. The van der Waals surface area contributed by atoms with Gasteiger partial charge in [-0.2, -0.15) is 0 Å². The molecule has 0 saturated heterocycles. The molecule has 0 atom stereocenters. The van der Waals surface area contributed by atoms with Gasteiger partial charge in [0.1, 0.15) is 23.3 Å². The van der Waals surface area contributed by atoms with Crippen LogP contribution in [0.25, 0.3) is 5.69 Å². The molecule has 36 heavy (non-hydrogen) atoms. The average molecular weight is 512 g/mol. The van der Waals surface area contributed by atoms with Crippen LogP contribution in [0.15, 0.2) is 84.7 Å². The Balaban J connectivity index is 1.80. The van der Waals surface area contributed by atoms with Gasteiger partial charge in [-0.15, -0.1) is 6.58 Å². The van der Waals surface area contributed by atoms with E-state index in [-0.39, 0.29) is 17.1 Å². The zero-order valence-corrected chi connectivity index (χ0v) is 20.6. The van der Waals surface area contributed by atoms with Gasteiger partial charge in [0.15, 0.2) is 16.7 Å². The highest BCUT2D eigenvalue weighted by molar-refractivity contribution is 7.98. The Morgan fingerprint density at radius 3 is 2.31 bits per heavy atom. The normalized spacial score (nSPS) is 10.8. The number of nitrogens with zero attached hydrogens (tertiary/aromatic N) is 3. The first-order valence-electron chi connectivity index (χ1n) is 11.0. The van der Waals surface area contributed by atoms with Crippen molar-refractivity contribution in [1.29, 1.82) is 0 Å². The molecule has 4 rings (SSSR count). The third-order valence-corrected chi connectivity index (χ3v) is 6.45. The van der Waals surface area contributed by atoms with Crippen LogP contribution in [0.5, 0.6) is 11.5 Å². The zero-order chi connectivity index (χ0) is 25.7. The van der Waals surface area contributed by atoms with Gasteiger partial charge in [0, 0.05) is 35.3 Å². The number of benzene rings is 3. The summed E-state index contributed by atoms with van der Waals surface area (Å²) in [5.74, 6) is 0.156. The Hall–Kier alpha value is -3.85. The molecule has 1 heterocycles. The van der Waals surface area contributed by atoms with Gasteiger partial charge in [-0.25, -0.2) is 18.2 Å². The van der Waals surface area contributed by atoms with Gasteiger partial charge in [0.05, 0.1) is 20.4 Å². The topological polar surface area (TPSA) is 39.5 Å². The van der Waals surface area contributed by atoms with Crippen molar-refractivity contribution in [1.82, 2.24) is 9.55 Å². The van der Waals surface area contributed by atoms with E-state index >= 15 is 0 Å². The Kier molecular flexibility index (Phi) is 7.90. The summed E-state index contributed by atoms with van der Waals surface area (Å²) in [6, 6.07) is 15.2. The number of hydrogen-bond donors (Lipinski definition) is 0. The van der Waals surface area contributed by atoms with Gasteiger partial charge in [0.2, 0.25) is 0 Å². The first-order valence-corrected chi connectivity index (χ1v) is 11.9.